The van der Waals surface area contributed by atoms with Crippen LogP contribution in [0.3, 0.4) is 0 Å². The number of hydrogen-bond donors (Lipinski definition) is 0. The Balaban J connectivity index is 1.72. The summed E-state index contributed by atoms with van der Waals surface area (Å²) in [6, 6.07) is 2.30. The summed E-state index contributed by atoms with van der Waals surface area (Å²) < 4.78 is 0. The molecule has 20 heavy (non-hydrogen) atoms. The van der Waals surface area contributed by atoms with Gasteiger partial charge in [-0.2, -0.15) is 0 Å². The molecule has 0 saturated carbocycles. The molecule has 3 nitrogen and oxygen atoms in total. The molecule has 0 radical (unpaired) electrons. The molecular weight excluding hydrogens is 246 g/mol. The number of rotatable bonds is 0. The Hall–Kier alpha value is -0.120. The minimum atomic E-state index is 0.752. The van der Waals surface area contributed by atoms with E-state index in [0.29, 0.717) is 0 Å². The smallest absolute Gasteiger partial charge is 0.0195 e. The average molecular weight is 279 g/mol. The summed E-state index contributed by atoms with van der Waals surface area (Å²) in [7, 11) is 0. The molecule has 6 saturated heterocycles. The first-order valence-electron chi connectivity index (χ1n) is 8.85. The monoisotopic (exact) mass is 279 g/mol. The van der Waals surface area contributed by atoms with E-state index in [9.17, 15) is 0 Å². The summed E-state index contributed by atoms with van der Waals surface area (Å²) in [6.45, 7) is 15.2. The van der Waals surface area contributed by atoms with Gasteiger partial charge in [-0.15, -0.1) is 0 Å². The van der Waals surface area contributed by atoms with Gasteiger partial charge < -0.3 is 4.90 Å². The second-order valence-electron chi connectivity index (χ2n) is 7.59. The molecule has 0 aromatic rings. The molecule has 0 N–H and O–H groups in total. The van der Waals surface area contributed by atoms with Crippen molar-refractivity contribution in [1.29, 1.82) is 0 Å². The number of piperidine rings is 1. The van der Waals surface area contributed by atoms with E-state index >= 15 is 0 Å². The highest BCUT2D eigenvalue weighted by Crippen LogP contribution is 2.25. The van der Waals surface area contributed by atoms with E-state index in [1.54, 1.807) is 0 Å². The first-order valence-corrected chi connectivity index (χ1v) is 8.85. The van der Waals surface area contributed by atoms with Gasteiger partial charge in [0.05, 0.1) is 0 Å². The fourth-order valence-corrected chi connectivity index (χ4v) is 4.45. The summed E-state index contributed by atoms with van der Waals surface area (Å²) in [6.07, 6.45) is 5.59. The summed E-state index contributed by atoms with van der Waals surface area (Å²) in [4.78, 5) is 8.25. The van der Waals surface area contributed by atoms with Gasteiger partial charge in [-0.3, -0.25) is 9.80 Å². The van der Waals surface area contributed by atoms with E-state index in [2.05, 4.69) is 35.5 Å². The van der Waals surface area contributed by atoms with Crippen LogP contribution in [0.4, 0.5) is 0 Å². The van der Waals surface area contributed by atoms with Crippen molar-refractivity contribution in [1.82, 2.24) is 14.7 Å². The van der Waals surface area contributed by atoms with Crippen molar-refractivity contribution in [3.8, 4) is 0 Å². The summed E-state index contributed by atoms with van der Waals surface area (Å²) in [5.74, 6) is 0.950. The zero-order valence-electron chi connectivity index (χ0n) is 13.7. The van der Waals surface area contributed by atoms with Crippen LogP contribution in [0.15, 0.2) is 0 Å². The molecule has 5 atom stereocenters. The van der Waals surface area contributed by atoms with E-state index in [0.717, 1.165) is 24.0 Å². The maximum atomic E-state index is 2.77. The molecule has 6 aliphatic heterocycles. The molecular formula is C17H33N3. The predicted octanol–water partition coefficient (Wildman–Crippen LogP) is 2.28. The Labute approximate surface area is 125 Å². The van der Waals surface area contributed by atoms with E-state index in [-0.39, 0.29) is 0 Å². The molecule has 6 rings (SSSR count). The van der Waals surface area contributed by atoms with Gasteiger partial charge >= 0.3 is 0 Å². The molecule has 0 aromatic heterocycles. The van der Waals surface area contributed by atoms with Crippen molar-refractivity contribution < 1.29 is 0 Å². The standard InChI is InChI=1S/C17H33N3/c1-14-4-5-15(2)19-10-11-20(16(3)12-19)13-17-6-8-18(14)9-7-17/h14-17H,4-13H2,1-3H3/t14?,15?,16-/m0/s1. The van der Waals surface area contributed by atoms with Gasteiger partial charge in [0.2, 0.25) is 0 Å². The molecule has 6 aliphatic rings. The Morgan fingerprint density at radius 1 is 0.550 bits per heavy atom. The molecule has 3 heteroatoms. The van der Waals surface area contributed by atoms with Crippen molar-refractivity contribution in [2.75, 3.05) is 39.3 Å². The second kappa shape index (κ2) is 6.33. The van der Waals surface area contributed by atoms with Gasteiger partial charge in [0.15, 0.2) is 0 Å². The zero-order chi connectivity index (χ0) is 14.1. The van der Waals surface area contributed by atoms with Gasteiger partial charge in [-0.1, -0.05) is 0 Å². The fraction of sp³-hybridized carbons (Fsp3) is 1.00. The van der Waals surface area contributed by atoms with Gasteiger partial charge in [0.1, 0.15) is 0 Å². The minimum Gasteiger partial charge on any atom is -0.301 e. The van der Waals surface area contributed by atoms with E-state index in [4.69, 9.17) is 0 Å². The maximum absolute atomic E-state index is 2.77. The molecule has 4 bridgehead atoms. The van der Waals surface area contributed by atoms with Crippen molar-refractivity contribution >= 4 is 0 Å². The Morgan fingerprint density at radius 3 is 1.75 bits per heavy atom. The number of hydrogen-bond acceptors (Lipinski definition) is 3. The average Bonchev–Trinajstić information content (AvgIpc) is 2.48. The minimum absolute atomic E-state index is 0.752. The fourth-order valence-electron chi connectivity index (χ4n) is 4.45. The highest BCUT2D eigenvalue weighted by Gasteiger charge is 2.31. The molecule has 0 aromatic carbocycles. The lowest BCUT2D eigenvalue weighted by atomic mass is 9.94. The predicted molar refractivity (Wildman–Crippen MR) is 85.1 cm³/mol. The highest BCUT2D eigenvalue weighted by atomic mass is 15.3. The van der Waals surface area contributed by atoms with E-state index in [1.807, 2.05) is 0 Å². The van der Waals surface area contributed by atoms with Crippen LogP contribution in [0.2, 0.25) is 0 Å². The SMILES string of the molecule is CC1CCC(C)N2CCN(CC3CCN1CC3)[C@@H](C)C2. The van der Waals surface area contributed by atoms with Crippen LogP contribution in [0.25, 0.3) is 0 Å². The van der Waals surface area contributed by atoms with Crippen LogP contribution in [-0.2, 0) is 0 Å². The lowest BCUT2D eigenvalue weighted by Gasteiger charge is -2.44. The molecule has 6 fully saturated rings. The number of piperazine rings is 1. The zero-order valence-corrected chi connectivity index (χ0v) is 13.7. The topological polar surface area (TPSA) is 9.72 Å². The van der Waals surface area contributed by atoms with Crippen LogP contribution in [-0.4, -0.2) is 72.1 Å². The lowest BCUT2D eigenvalue weighted by molar-refractivity contribution is 0.0432. The molecule has 4 unspecified atom stereocenters. The third-order valence-electron chi connectivity index (χ3n) is 6.19. The van der Waals surface area contributed by atoms with Crippen LogP contribution in [0.1, 0.15) is 46.5 Å². The van der Waals surface area contributed by atoms with Gasteiger partial charge in [0, 0.05) is 44.3 Å². The van der Waals surface area contributed by atoms with E-state index in [1.165, 1.54) is 65.0 Å². The Bertz CT molecular complexity index is 311. The first-order chi connectivity index (χ1) is 9.63. The normalized spacial score (nSPS) is 50.2. The van der Waals surface area contributed by atoms with Gasteiger partial charge in [0.25, 0.3) is 0 Å². The lowest BCUT2D eigenvalue weighted by Crippen LogP contribution is -2.55. The van der Waals surface area contributed by atoms with Crippen LogP contribution in [0, 0.1) is 5.92 Å². The van der Waals surface area contributed by atoms with E-state index < -0.39 is 0 Å². The van der Waals surface area contributed by atoms with Gasteiger partial charge in [-0.05, 0) is 65.5 Å². The summed E-state index contributed by atoms with van der Waals surface area (Å²) in [5.41, 5.74) is 0. The Kier molecular flexibility index (Phi) is 4.68. The first kappa shape index (κ1) is 14.8. The molecule has 0 aliphatic carbocycles. The largest absolute Gasteiger partial charge is 0.301 e. The van der Waals surface area contributed by atoms with Crippen molar-refractivity contribution in [3.63, 3.8) is 0 Å². The quantitative estimate of drug-likeness (QED) is 0.673. The van der Waals surface area contributed by atoms with Crippen molar-refractivity contribution in [2.45, 2.75) is 64.6 Å². The van der Waals surface area contributed by atoms with Gasteiger partial charge in [-0.25, -0.2) is 0 Å². The van der Waals surface area contributed by atoms with Crippen LogP contribution in [0.5, 0.6) is 0 Å². The Morgan fingerprint density at radius 2 is 1.10 bits per heavy atom. The maximum Gasteiger partial charge on any atom is 0.0195 e. The van der Waals surface area contributed by atoms with Crippen LogP contribution < -0.4 is 0 Å². The molecule has 0 amide bonds. The third kappa shape index (κ3) is 3.20. The molecule has 0 spiro atoms. The number of nitrogens with zero attached hydrogens (tertiary/aromatic N) is 3. The second-order valence-corrected chi connectivity index (χ2v) is 7.59. The summed E-state index contributed by atoms with van der Waals surface area (Å²) in [5, 5.41) is 0. The molecule has 116 valence electrons. The summed E-state index contributed by atoms with van der Waals surface area (Å²) >= 11 is 0. The van der Waals surface area contributed by atoms with Crippen molar-refractivity contribution in [2.24, 2.45) is 5.92 Å². The van der Waals surface area contributed by atoms with Crippen molar-refractivity contribution in [3.05, 3.63) is 0 Å². The third-order valence-corrected chi connectivity index (χ3v) is 6.19. The highest BCUT2D eigenvalue weighted by molar-refractivity contribution is 4.87. The molecule has 6 heterocycles. The van der Waals surface area contributed by atoms with Crippen LogP contribution >= 0.6 is 0 Å².